The molecule has 1 aromatic rings. The fourth-order valence-electron chi connectivity index (χ4n) is 2.03. The molecular weight excluding hydrogens is 322 g/mol. The maximum atomic E-state index is 12.0. The van der Waals surface area contributed by atoms with E-state index in [2.05, 4.69) is 21.2 Å². The molecule has 1 aromatic carbocycles. The van der Waals surface area contributed by atoms with Crippen molar-refractivity contribution in [3.05, 3.63) is 22.2 Å². The topological polar surface area (TPSA) is 47.6 Å². The molecule has 0 radical (unpaired) electrons. The van der Waals surface area contributed by atoms with Gasteiger partial charge < -0.3 is 14.8 Å². The predicted octanol–water partition coefficient (Wildman–Crippen LogP) is 3.44. The zero-order valence-electron chi connectivity index (χ0n) is 12.0. The van der Waals surface area contributed by atoms with Gasteiger partial charge in [0.15, 0.2) is 11.5 Å². The number of carbonyl (C=O) groups excluding carboxylic acids is 1. The van der Waals surface area contributed by atoms with Gasteiger partial charge in [-0.25, -0.2) is 0 Å². The first-order valence-corrected chi connectivity index (χ1v) is 7.71. The molecule has 20 heavy (non-hydrogen) atoms. The molecule has 1 amide bonds. The van der Waals surface area contributed by atoms with Crippen molar-refractivity contribution >= 4 is 21.8 Å². The van der Waals surface area contributed by atoms with Gasteiger partial charge in [0.1, 0.15) is 13.2 Å². The number of hydrogen-bond acceptors (Lipinski definition) is 3. The van der Waals surface area contributed by atoms with Crippen LogP contribution in [0, 0.1) is 5.92 Å². The fourth-order valence-corrected chi connectivity index (χ4v) is 2.70. The third-order valence-electron chi connectivity index (χ3n) is 3.55. The highest BCUT2D eigenvalue weighted by molar-refractivity contribution is 9.10. The van der Waals surface area contributed by atoms with Crippen LogP contribution in [0.2, 0.25) is 0 Å². The molecule has 0 saturated heterocycles. The van der Waals surface area contributed by atoms with Crippen molar-refractivity contribution in [1.82, 2.24) is 5.32 Å². The summed E-state index contributed by atoms with van der Waals surface area (Å²) < 4.78 is 12.0. The monoisotopic (exact) mass is 341 g/mol. The number of benzene rings is 1. The first kappa shape index (κ1) is 15.2. The average molecular weight is 342 g/mol. The standard InChI is InChI=1S/C15H20BrNO3/c1-4-9(2)15(18)17-10(3)11-7-13-14(8-12(11)16)20-6-5-19-13/h7-10H,4-6H2,1-3H3,(H,17,18). The Hall–Kier alpha value is -1.23. The molecule has 1 aliphatic rings. The number of ether oxygens (including phenoxy) is 2. The molecular formula is C15H20BrNO3. The minimum absolute atomic E-state index is 0.0217. The van der Waals surface area contributed by atoms with Crippen molar-refractivity contribution in [3.63, 3.8) is 0 Å². The summed E-state index contributed by atoms with van der Waals surface area (Å²) in [5.74, 6) is 1.57. The summed E-state index contributed by atoms with van der Waals surface area (Å²) >= 11 is 3.53. The van der Waals surface area contributed by atoms with E-state index < -0.39 is 0 Å². The minimum atomic E-state index is -0.0818. The average Bonchev–Trinajstić information content (AvgIpc) is 2.45. The quantitative estimate of drug-likeness (QED) is 0.912. The summed E-state index contributed by atoms with van der Waals surface area (Å²) in [6, 6.07) is 3.75. The van der Waals surface area contributed by atoms with E-state index in [0.29, 0.717) is 13.2 Å². The van der Waals surface area contributed by atoms with E-state index >= 15 is 0 Å². The molecule has 0 aliphatic carbocycles. The van der Waals surface area contributed by atoms with Crippen LogP contribution >= 0.6 is 15.9 Å². The van der Waals surface area contributed by atoms with Crippen LogP contribution in [-0.2, 0) is 4.79 Å². The maximum absolute atomic E-state index is 12.0. The van der Waals surface area contributed by atoms with Crippen LogP contribution < -0.4 is 14.8 Å². The molecule has 1 N–H and O–H groups in total. The van der Waals surface area contributed by atoms with Gasteiger partial charge in [-0.2, -0.15) is 0 Å². The number of halogens is 1. The zero-order valence-corrected chi connectivity index (χ0v) is 13.6. The number of fused-ring (bicyclic) bond motifs is 1. The molecule has 0 aromatic heterocycles. The van der Waals surface area contributed by atoms with Gasteiger partial charge in [0.25, 0.3) is 0 Å². The number of hydrogen-bond donors (Lipinski definition) is 1. The van der Waals surface area contributed by atoms with Crippen molar-refractivity contribution in [2.24, 2.45) is 5.92 Å². The van der Waals surface area contributed by atoms with Gasteiger partial charge in [-0.3, -0.25) is 4.79 Å². The van der Waals surface area contributed by atoms with Gasteiger partial charge in [0.05, 0.1) is 6.04 Å². The van der Waals surface area contributed by atoms with Crippen LogP contribution in [0.3, 0.4) is 0 Å². The van der Waals surface area contributed by atoms with E-state index in [1.165, 1.54) is 0 Å². The smallest absolute Gasteiger partial charge is 0.223 e. The van der Waals surface area contributed by atoms with Crippen molar-refractivity contribution < 1.29 is 14.3 Å². The number of carbonyl (C=O) groups is 1. The highest BCUT2D eigenvalue weighted by Crippen LogP contribution is 2.37. The predicted molar refractivity (Wildman–Crippen MR) is 81.1 cm³/mol. The molecule has 1 heterocycles. The summed E-state index contributed by atoms with van der Waals surface area (Å²) in [5.41, 5.74) is 0.992. The van der Waals surface area contributed by atoms with E-state index in [9.17, 15) is 4.79 Å². The second-order valence-electron chi connectivity index (χ2n) is 5.06. The Labute approximate surface area is 128 Å². The second-order valence-corrected chi connectivity index (χ2v) is 5.91. The van der Waals surface area contributed by atoms with Crippen molar-refractivity contribution in [2.75, 3.05) is 13.2 Å². The van der Waals surface area contributed by atoms with Gasteiger partial charge in [0, 0.05) is 10.4 Å². The van der Waals surface area contributed by atoms with E-state index in [4.69, 9.17) is 9.47 Å². The Kier molecular flexibility index (Phi) is 4.91. The van der Waals surface area contributed by atoms with Crippen LogP contribution in [0.4, 0.5) is 0 Å². The van der Waals surface area contributed by atoms with E-state index in [1.807, 2.05) is 32.9 Å². The molecule has 110 valence electrons. The van der Waals surface area contributed by atoms with Gasteiger partial charge in [-0.15, -0.1) is 0 Å². The first-order chi connectivity index (χ1) is 9.52. The lowest BCUT2D eigenvalue weighted by atomic mass is 10.0. The largest absolute Gasteiger partial charge is 0.486 e. The van der Waals surface area contributed by atoms with Crippen molar-refractivity contribution in [2.45, 2.75) is 33.2 Å². The Morgan fingerprint density at radius 1 is 1.30 bits per heavy atom. The maximum Gasteiger partial charge on any atom is 0.223 e. The SMILES string of the molecule is CCC(C)C(=O)NC(C)c1cc2c(cc1Br)OCCO2. The van der Waals surface area contributed by atoms with Gasteiger partial charge in [0.2, 0.25) is 5.91 Å². The Balaban J connectivity index is 2.17. The molecule has 2 atom stereocenters. The summed E-state index contributed by atoms with van der Waals surface area (Å²) in [4.78, 5) is 12.0. The molecule has 0 fully saturated rings. The van der Waals surface area contributed by atoms with Gasteiger partial charge in [-0.1, -0.05) is 29.8 Å². The van der Waals surface area contributed by atoms with Crippen LogP contribution in [0.5, 0.6) is 11.5 Å². The molecule has 0 saturated carbocycles. The first-order valence-electron chi connectivity index (χ1n) is 6.92. The number of amides is 1. The molecule has 0 spiro atoms. The lowest BCUT2D eigenvalue weighted by Crippen LogP contribution is -2.31. The normalized spacial score (nSPS) is 16.4. The van der Waals surface area contributed by atoms with Gasteiger partial charge >= 0.3 is 0 Å². The van der Waals surface area contributed by atoms with Crippen LogP contribution in [-0.4, -0.2) is 19.1 Å². The lowest BCUT2D eigenvalue weighted by molar-refractivity contribution is -0.125. The Morgan fingerprint density at radius 2 is 1.90 bits per heavy atom. The second kappa shape index (κ2) is 6.48. The molecule has 0 bridgehead atoms. The lowest BCUT2D eigenvalue weighted by Gasteiger charge is -2.23. The minimum Gasteiger partial charge on any atom is -0.486 e. The van der Waals surface area contributed by atoms with E-state index in [0.717, 1.165) is 28.0 Å². The summed E-state index contributed by atoms with van der Waals surface area (Å²) in [6.07, 6.45) is 0.834. The highest BCUT2D eigenvalue weighted by Gasteiger charge is 2.20. The van der Waals surface area contributed by atoms with Crippen LogP contribution in [0.15, 0.2) is 16.6 Å². The van der Waals surface area contributed by atoms with Crippen molar-refractivity contribution in [1.29, 1.82) is 0 Å². The summed E-state index contributed by atoms with van der Waals surface area (Å²) in [6.45, 7) is 7.03. The molecule has 2 rings (SSSR count). The van der Waals surface area contributed by atoms with Crippen LogP contribution in [0.1, 0.15) is 38.8 Å². The Morgan fingerprint density at radius 3 is 2.50 bits per heavy atom. The Bertz CT molecular complexity index is 504. The molecule has 5 heteroatoms. The summed E-state index contributed by atoms with van der Waals surface area (Å²) in [7, 11) is 0. The number of nitrogens with one attached hydrogen (secondary N) is 1. The third kappa shape index (κ3) is 3.26. The third-order valence-corrected chi connectivity index (χ3v) is 4.23. The molecule has 2 unspecified atom stereocenters. The van der Waals surface area contributed by atoms with Crippen LogP contribution in [0.25, 0.3) is 0 Å². The zero-order chi connectivity index (χ0) is 14.7. The number of rotatable bonds is 4. The van der Waals surface area contributed by atoms with E-state index in [-0.39, 0.29) is 17.9 Å². The van der Waals surface area contributed by atoms with Crippen molar-refractivity contribution in [3.8, 4) is 11.5 Å². The molecule has 4 nitrogen and oxygen atoms in total. The highest BCUT2D eigenvalue weighted by atomic mass is 79.9. The molecule has 1 aliphatic heterocycles. The summed E-state index contributed by atoms with van der Waals surface area (Å²) in [5, 5.41) is 3.03. The van der Waals surface area contributed by atoms with Gasteiger partial charge in [-0.05, 0) is 31.0 Å². The van der Waals surface area contributed by atoms with E-state index in [1.54, 1.807) is 0 Å². The fraction of sp³-hybridized carbons (Fsp3) is 0.533.